The maximum Gasteiger partial charge on any atom is 0.416 e. The third-order valence-corrected chi connectivity index (χ3v) is 6.17. The van der Waals surface area contributed by atoms with Gasteiger partial charge in [-0.2, -0.15) is 24.9 Å². The maximum absolute atomic E-state index is 12.6. The van der Waals surface area contributed by atoms with E-state index in [1.807, 2.05) is 11.8 Å². The molecule has 2 rings (SSSR count). The molecule has 0 spiro atoms. The first-order chi connectivity index (χ1) is 9.86. The second kappa shape index (κ2) is 6.82. The fraction of sp³-hybridized carbons (Fsp3) is 0.600. The standard InChI is InChI=1S/C15H19BrF3NS/c1-21-14(7-3-2-4-8-14)10-20-13-6-5-11(9-12(13)16)15(17,18)19/h5-6,9,20H,2-4,7-8,10H2,1H3. The summed E-state index contributed by atoms with van der Waals surface area (Å²) in [6.45, 7) is 0.790. The molecule has 0 amide bonds. The molecule has 1 N–H and O–H groups in total. The van der Waals surface area contributed by atoms with Crippen LogP contribution in [0, 0.1) is 0 Å². The van der Waals surface area contributed by atoms with Crippen LogP contribution < -0.4 is 5.32 Å². The predicted molar refractivity (Wildman–Crippen MR) is 87.0 cm³/mol. The molecule has 21 heavy (non-hydrogen) atoms. The van der Waals surface area contributed by atoms with Gasteiger partial charge in [-0.3, -0.25) is 0 Å². The first-order valence-electron chi connectivity index (χ1n) is 7.02. The molecular formula is C15H19BrF3NS. The summed E-state index contributed by atoms with van der Waals surface area (Å²) in [5.74, 6) is 0. The van der Waals surface area contributed by atoms with Crippen LogP contribution in [0.2, 0.25) is 0 Å². The summed E-state index contributed by atoms with van der Waals surface area (Å²) in [6.07, 6.45) is 3.90. The fourth-order valence-corrected chi connectivity index (χ4v) is 4.17. The van der Waals surface area contributed by atoms with Gasteiger partial charge in [-0.25, -0.2) is 0 Å². The molecule has 118 valence electrons. The van der Waals surface area contributed by atoms with Gasteiger partial charge in [0.2, 0.25) is 0 Å². The highest BCUT2D eigenvalue weighted by Crippen LogP contribution is 2.39. The Bertz CT molecular complexity index is 484. The normalized spacial score (nSPS) is 18.5. The minimum Gasteiger partial charge on any atom is -0.383 e. The van der Waals surface area contributed by atoms with Gasteiger partial charge < -0.3 is 5.32 Å². The van der Waals surface area contributed by atoms with Crippen molar-refractivity contribution in [2.45, 2.75) is 43.0 Å². The molecule has 1 aliphatic rings. The summed E-state index contributed by atoms with van der Waals surface area (Å²) in [5.41, 5.74) is 0.0965. The van der Waals surface area contributed by atoms with E-state index in [0.29, 0.717) is 4.47 Å². The second-order valence-corrected chi connectivity index (χ2v) is 7.62. The number of benzene rings is 1. The van der Waals surface area contributed by atoms with Crippen molar-refractivity contribution >= 4 is 33.4 Å². The van der Waals surface area contributed by atoms with Gasteiger partial charge in [-0.1, -0.05) is 19.3 Å². The zero-order chi connectivity index (χ0) is 15.5. The molecule has 1 aromatic rings. The Morgan fingerprint density at radius 3 is 2.43 bits per heavy atom. The largest absolute Gasteiger partial charge is 0.416 e. The Balaban J connectivity index is 2.06. The first-order valence-corrected chi connectivity index (χ1v) is 9.04. The Morgan fingerprint density at radius 2 is 1.90 bits per heavy atom. The van der Waals surface area contributed by atoms with E-state index < -0.39 is 11.7 Å². The quantitative estimate of drug-likeness (QED) is 0.691. The summed E-state index contributed by atoms with van der Waals surface area (Å²) in [5, 5.41) is 3.32. The van der Waals surface area contributed by atoms with Crippen molar-refractivity contribution in [2.75, 3.05) is 18.1 Å². The van der Waals surface area contributed by atoms with E-state index in [1.165, 1.54) is 38.2 Å². The molecule has 1 fully saturated rings. The number of hydrogen-bond donors (Lipinski definition) is 1. The molecule has 0 heterocycles. The molecule has 0 atom stereocenters. The third kappa shape index (κ3) is 4.31. The lowest BCUT2D eigenvalue weighted by molar-refractivity contribution is -0.137. The van der Waals surface area contributed by atoms with Crippen molar-refractivity contribution < 1.29 is 13.2 Å². The highest BCUT2D eigenvalue weighted by molar-refractivity contribution is 9.10. The lowest BCUT2D eigenvalue weighted by Crippen LogP contribution is -2.35. The van der Waals surface area contributed by atoms with E-state index in [1.54, 1.807) is 0 Å². The van der Waals surface area contributed by atoms with E-state index in [0.717, 1.165) is 24.4 Å². The van der Waals surface area contributed by atoms with Crippen molar-refractivity contribution in [3.05, 3.63) is 28.2 Å². The van der Waals surface area contributed by atoms with E-state index in [4.69, 9.17) is 0 Å². The van der Waals surface area contributed by atoms with Gasteiger partial charge in [0.15, 0.2) is 0 Å². The van der Waals surface area contributed by atoms with Crippen LogP contribution in [-0.2, 0) is 6.18 Å². The van der Waals surface area contributed by atoms with Gasteiger partial charge in [0.1, 0.15) is 0 Å². The highest BCUT2D eigenvalue weighted by atomic mass is 79.9. The van der Waals surface area contributed by atoms with Crippen LogP contribution in [0.25, 0.3) is 0 Å². The molecule has 0 aliphatic heterocycles. The Kier molecular flexibility index (Phi) is 5.52. The van der Waals surface area contributed by atoms with Crippen LogP contribution in [0.1, 0.15) is 37.7 Å². The molecule has 0 aromatic heterocycles. The molecule has 1 saturated carbocycles. The summed E-state index contributed by atoms with van der Waals surface area (Å²) in [7, 11) is 0. The third-order valence-electron chi connectivity index (χ3n) is 4.10. The molecular weight excluding hydrogens is 363 g/mol. The number of thioether (sulfide) groups is 1. The van der Waals surface area contributed by atoms with Gasteiger partial charge in [-0.15, -0.1) is 0 Å². The average molecular weight is 382 g/mol. The van der Waals surface area contributed by atoms with Crippen molar-refractivity contribution in [3.8, 4) is 0 Å². The zero-order valence-corrected chi connectivity index (χ0v) is 14.3. The van der Waals surface area contributed by atoms with Gasteiger partial charge in [0, 0.05) is 21.5 Å². The molecule has 0 saturated heterocycles. The van der Waals surface area contributed by atoms with Crippen molar-refractivity contribution in [1.82, 2.24) is 0 Å². The number of anilines is 1. The number of nitrogens with one attached hydrogen (secondary N) is 1. The lowest BCUT2D eigenvalue weighted by Gasteiger charge is -2.36. The number of alkyl halides is 3. The van der Waals surface area contributed by atoms with Gasteiger partial charge in [0.05, 0.1) is 5.56 Å². The summed E-state index contributed by atoms with van der Waals surface area (Å²) in [4.78, 5) is 0. The first kappa shape index (κ1) is 17.0. The second-order valence-electron chi connectivity index (χ2n) is 5.49. The minimum atomic E-state index is -4.30. The van der Waals surface area contributed by atoms with Crippen LogP contribution in [0.15, 0.2) is 22.7 Å². The topological polar surface area (TPSA) is 12.0 Å². The monoisotopic (exact) mass is 381 g/mol. The minimum absolute atomic E-state index is 0.209. The molecule has 0 bridgehead atoms. The number of halogens is 4. The molecule has 0 radical (unpaired) electrons. The van der Waals surface area contributed by atoms with Crippen LogP contribution in [0.4, 0.5) is 18.9 Å². The van der Waals surface area contributed by atoms with E-state index in [2.05, 4.69) is 27.5 Å². The van der Waals surface area contributed by atoms with Gasteiger partial charge in [-0.05, 0) is 53.2 Å². The molecule has 1 aliphatic carbocycles. The number of hydrogen-bond acceptors (Lipinski definition) is 2. The van der Waals surface area contributed by atoms with Gasteiger partial charge >= 0.3 is 6.18 Å². The van der Waals surface area contributed by atoms with Crippen LogP contribution in [-0.4, -0.2) is 17.5 Å². The van der Waals surface area contributed by atoms with Crippen molar-refractivity contribution in [1.29, 1.82) is 0 Å². The van der Waals surface area contributed by atoms with Gasteiger partial charge in [0.25, 0.3) is 0 Å². The lowest BCUT2D eigenvalue weighted by atomic mass is 9.88. The average Bonchev–Trinajstić information content (AvgIpc) is 2.46. The van der Waals surface area contributed by atoms with Crippen LogP contribution in [0.5, 0.6) is 0 Å². The van der Waals surface area contributed by atoms with Crippen LogP contribution in [0.3, 0.4) is 0 Å². The number of rotatable bonds is 4. The van der Waals surface area contributed by atoms with Crippen molar-refractivity contribution in [2.24, 2.45) is 0 Å². The summed E-state index contributed by atoms with van der Waals surface area (Å²) in [6, 6.07) is 3.76. The van der Waals surface area contributed by atoms with Crippen LogP contribution >= 0.6 is 27.7 Å². The molecule has 0 unspecified atom stereocenters. The summed E-state index contributed by atoms with van der Waals surface area (Å²) < 4.78 is 38.6. The van der Waals surface area contributed by atoms with E-state index in [-0.39, 0.29) is 4.75 Å². The summed E-state index contributed by atoms with van der Waals surface area (Å²) >= 11 is 5.10. The maximum atomic E-state index is 12.6. The molecule has 1 nitrogen and oxygen atoms in total. The van der Waals surface area contributed by atoms with E-state index in [9.17, 15) is 13.2 Å². The predicted octanol–water partition coefficient (Wildman–Crippen LogP) is 5.95. The SMILES string of the molecule is CSC1(CNc2ccc(C(F)(F)F)cc2Br)CCCCC1. The van der Waals surface area contributed by atoms with E-state index >= 15 is 0 Å². The Labute approximate surface area is 136 Å². The fourth-order valence-electron chi connectivity index (χ4n) is 2.74. The molecule has 6 heteroatoms. The zero-order valence-electron chi connectivity index (χ0n) is 11.9. The smallest absolute Gasteiger partial charge is 0.383 e. The van der Waals surface area contributed by atoms with Crippen molar-refractivity contribution in [3.63, 3.8) is 0 Å². The molecule has 1 aromatic carbocycles. The Hall–Kier alpha value is -0.360. The highest BCUT2D eigenvalue weighted by Gasteiger charge is 2.32. The Morgan fingerprint density at radius 1 is 1.24 bits per heavy atom.